The lowest BCUT2D eigenvalue weighted by atomic mass is 9.90. The van der Waals surface area contributed by atoms with E-state index in [-0.39, 0.29) is 12.9 Å². The zero-order chi connectivity index (χ0) is 7.68. The Morgan fingerprint density at radius 1 is 1.36 bits per heavy atom. The first-order chi connectivity index (χ1) is 5.42. The Bertz CT molecular complexity index is 131. The molecule has 0 radical (unpaired) electrons. The van der Waals surface area contributed by atoms with Gasteiger partial charge >= 0.3 is 0 Å². The number of aliphatic hydroxyl groups excluding tert-OH is 1. The molecule has 2 saturated heterocycles. The van der Waals surface area contributed by atoms with Crippen LogP contribution in [0.3, 0.4) is 0 Å². The van der Waals surface area contributed by atoms with Crippen molar-refractivity contribution in [2.24, 2.45) is 11.8 Å². The zero-order valence-electron chi connectivity index (χ0n) is 6.53. The molecule has 11 heavy (non-hydrogen) atoms. The average molecular weight is 158 g/mol. The highest BCUT2D eigenvalue weighted by atomic mass is 16.7. The van der Waals surface area contributed by atoms with Crippen molar-refractivity contribution in [3.8, 4) is 0 Å². The molecular formula is C8H14O3. The second-order valence-corrected chi connectivity index (χ2v) is 3.32. The molecule has 3 unspecified atom stereocenters. The van der Waals surface area contributed by atoms with E-state index in [1.807, 2.05) is 0 Å². The molecule has 0 bridgehead atoms. The normalized spacial score (nSPS) is 43.9. The summed E-state index contributed by atoms with van der Waals surface area (Å²) in [6.07, 6.45) is 2.25. The van der Waals surface area contributed by atoms with Gasteiger partial charge in [0.25, 0.3) is 0 Å². The second-order valence-electron chi connectivity index (χ2n) is 3.32. The van der Waals surface area contributed by atoms with Crippen LogP contribution in [-0.2, 0) is 9.47 Å². The van der Waals surface area contributed by atoms with Crippen molar-refractivity contribution in [1.82, 2.24) is 0 Å². The Labute approximate surface area is 66.3 Å². The molecule has 2 aliphatic heterocycles. The lowest BCUT2D eigenvalue weighted by molar-refractivity contribution is -0.151. The molecule has 0 aromatic carbocycles. The maximum Gasteiger partial charge on any atom is 0.160 e. The summed E-state index contributed by atoms with van der Waals surface area (Å²) in [7, 11) is 0. The minimum atomic E-state index is -0.0131. The maximum absolute atomic E-state index is 8.97. The van der Waals surface area contributed by atoms with Crippen molar-refractivity contribution >= 4 is 0 Å². The van der Waals surface area contributed by atoms with Gasteiger partial charge in [-0.15, -0.1) is 0 Å². The molecule has 3 nitrogen and oxygen atoms in total. The van der Waals surface area contributed by atoms with E-state index in [9.17, 15) is 0 Å². The summed E-state index contributed by atoms with van der Waals surface area (Å²) >= 11 is 0. The van der Waals surface area contributed by atoms with Gasteiger partial charge in [-0.05, 0) is 12.8 Å². The van der Waals surface area contributed by atoms with Crippen molar-refractivity contribution < 1.29 is 14.6 Å². The number of rotatable bonds is 1. The molecule has 0 spiro atoms. The van der Waals surface area contributed by atoms with Crippen LogP contribution in [0.5, 0.6) is 0 Å². The van der Waals surface area contributed by atoms with E-state index >= 15 is 0 Å². The molecule has 3 atom stereocenters. The van der Waals surface area contributed by atoms with Crippen molar-refractivity contribution in [1.29, 1.82) is 0 Å². The maximum atomic E-state index is 8.97. The van der Waals surface area contributed by atoms with Gasteiger partial charge in [-0.2, -0.15) is 0 Å². The van der Waals surface area contributed by atoms with E-state index in [4.69, 9.17) is 14.6 Å². The molecule has 64 valence electrons. The van der Waals surface area contributed by atoms with Gasteiger partial charge in [0.15, 0.2) is 6.29 Å². The van der Waals surface area contributed by atoms with Crippen molar-refractivity contribution in [2.75, 3.05) is 19.8 Å². The minimum absolute atomic E-state index is 0.0131. The molecule has 2 aliphatic rings. The van der Waals surface area contributed by atoms with E-state index < -0.39 is 0 Å². The molecule has 2 rings (SSSR count). The van der Waals surface area contributed by atoms with Crippen molar-refractivity contribution in [3.63, 3.8) is 0 Å². The van der Waals surface area contributed by atoms with Gasteiger partial charge in [-0.25, -0.2) is 0 Å². The van der Waals surface area contributed by atoms with Crippen LogP contribution in [-0.4, -0.2) is 31.2 Å². The highest BCUT2D eigenvalue weighted by molar-refractivity contribution is 4.80. The summed E-state index contributed by atoms with van der Waals surface area (Å²) in [6, 6.07) is 0. The van der Waals surface area contributed by atoms with Crippen LogP contribution in [0.4, 0.5) is 0 Å². The molecule has 0 aliphatic carbocycles. The zero-order valence-corrected chi connectivity index (χ0v) is 6.53. The number of fused-ring (bicyclic) bond motifs is 1. The van der Waals surface area contributed by atoms with Crippen molar-refractivity contribution in [3.05, 3.63) is 0 Å². The van der Waals surface area contributed by atoms with Crippen LogP contribution >= 0.6 is 0 Å². The van der Waals surface area contributed by atoms with Gasteiger partial charge in [-0.3, -0.25) is 0 Å². The van der Waals surface area contributed by atoms with Gasteiger partial charge in [0.05, 0.1) is 6.61 Å². The van der Waals surface area contributed by atoms with E-state index in [0.717, 1.165) is 19.4 Å². The number of hydrogen-bond acceptors (Lipinski definition) is 3. The minimum Gasteiger partial charge on any atom is -0.396 e. The molecule has 2 fully saturated rings. The highest BCUT2D eigenvalue weighted by Crippen LogP contribution is 2.34. The molecule has 0 saturated carbocycles. The lowest BCUT2D eigenvalue weighted by Crippen LogP contribution is -2.29. The topological polar surface area (TPSA) is 38.7 Å². The summed E-state index contributed by atoms with van der Waals surface area (Å²) in [4.78, 5) is 0. The quantitative estimate of drug-likeness (QED) is 0.599. The predicted octanol–water partition coefficient (Wildman–Crippen LogP) is 0.378. The third-order valence-corrected chi connectivity index (χ3v) is 2.63. The third-order valence-electron chi connectivity index (χ3n) is 2.63. The first-order valence-electron chi connectivity index (χ1n) is 4.26. The smallest absolute Gasteiger partial charge is 0.160 e. The largest absolute Gasteiger partial charge is 0.396 e. The number of ether oxygens (including phenoxy) is 2. The van der Waals surface area contributed by atoms with Crippen LogP contribution in [0.1, 0.15) is 12.8 Å². The molecule has 3 heteroatoms. The molecular weight excluding hydrogens is 144 g/mol. The van der Waals surface area contributed by atoms with Gasteiger partial charge in [0.1, 0.15) is 0 Å². The van der Waals surface area contributed by atoms with E-state index in [2.05, 4.69) is 0 Å². The Balaban J connectivity index is 1.98. The third kappa shape index (κ3) is 1.28. The van der Waals surface area contributed by atoms with Gasteiger partial charge in [0.2, 0.25) is 0 Å². The molecule has 0 amide bonds. The van der Waals surface area contributed by atoms with Crippen LogP contribution in [0, 0.1) is 11.8 Å². The van der Waals surface area contributed by atoms with Crippen LogP contribution in [0.2, 0.25) is 0 Å². The fraction of sp³-hybridized carbons (Fsp3) is 1.00. The average Bonchev–Trinajstić information content (AvgIpc) is 2.47. The SMILES string of the molecule is OCC1COC2OCCCC12. The first kappa shape index (κ1) is 7.53. The number of aliphatic hydroxyl groups is 1. The standard InChI is InChI=1S/C8H14O3/c9-4-6-5-11-8-7(6)2-1-3-10-8/h6-9H,1-5H2. The lowest BCUT2D eigenvalue weighted by Gasteiger charge is -2.26. The Morgan fingerprint density at radius 3 is 3.09 bits per heavy atom. The molecule has 0 aromatic heterocycles. The second kappa shape index (κ2) is 3.09. The van der Waals surface area contributed by atoms with Crippen LogP contribution < -0.4 is 0 Å². The first-order valence-corrected chi connectivity index (χ1v) is 4.26. The van der Waals surface area contributed by atoms with E-state index in [0.29, 0.717) is 18.4 Å². The van der Waals surface area contributed by atoms with E-state index in [1.54, 1.807) is 0 Å². The van der Waals surface area contributed by atoms with Gasteiger partial charge in [0, 0.05) is 25.0 Å². The Hall–Kier alpha value is -0.120. The predicted molar refractivity (Wildman–Crippen MR) is 39.0 cm³/mol. The fourth-order valence-corrected chi connectivity index (χ4v) is 1.94. The summed E-state index contributed by atoms with van der Waals surface area (Å²) < 4.78 is 10.8. The summed E-state index contributed by atoms with van der Waals surface area (Å²) in [6.45, 7) is 1.73. The Kier molecular flexibility index (Phi) is 2.11. The molecule has 2 heterocycles. The highest BCUT2D eigenvalue weighted by Gasteiger charge is 2.38. The van der Waals surface area contributed by atoms with E-state index in [1.165, 1.54) is 0 Å². The van der Waals surface area contributed by atoms with Crippen LogP contribution in [0.15, 0.2) is 0 Å². The summed E-state index contributed by atoms with van der Waals surface area (Å²) in [5.41, 5.74) is 0. The molecule has 1 N–H and O–H groups in total. The number of hydrogen-bond donors (Lipinski definition) is 1. The monoisotopic (exact) mass is 158 g/mol. The Morgan fingerprint density at radius 2 is 2.27 bits per heavy atom. The van der Waals surface area contributed by atoms with Gasteiger partial charge in [-0.1, -0.05) is 0 Å². The summed E-state index contributed by atoms with van der Waals surface area (Å²) in [5.74, 6) is 0.772. The van der Waals surface area contributed by atoms with Gasteiger partial charge < -0.3 is 14.6 Å². The van der Waals surface area contributed by atoms with Crippen LogP contribution in [0.25, 0.3) is 0 Å². The van der Waals surface area contributed by atoms with Crippen molar-refractivity contribution in [2.45, 2.75) is 19.1 Å². The molecule has 0 aromatic rings. The summed E-state index contributed by atoms with van der Waals surface area (Å²) in [5, 5.41) is 8.97. The fourth-order valence-electron chi connectivity index (χ4n) is 1.94.